The summed E-state index contributed by atoms with van der Waals surface area (Å²) >= 11 is 0. The molecule has 1 saturated carbocycles. The van der Waals surface area contributed by atoms with Gasteiger partial charge in [0, 0.05) is 0 Å². The van der Waals surface area contributed by atoms with E-state index >= 15 is 0 Å². The van der Waals surface area contributed by atoms with Crippen molar-refractivity contribution in [2.24, 2.45) is 23.0 Å². The molecule has 0 radical (unpaired) electrons. The second-order valence-corrected chi connectivity index (χ2v) is 6.48. The summed E-state index contributed by atoms with van der Waals surface area (Å²) in [6.45, 7) is 6.29. The molecule has 0 bridgehead atoms. The lowest BCUT2D eigenvalue weighted by Gasteiger charge is -2.51. The number of esters is 1. The molecule has 0 spiro atoms. The highest BCUT2D eigenvalue weighted by Gasteiger charge is 2.53. The predicted molar refractivity (Wildman–Crippen MR) is 67.3 cm³/mol. The van der Waals surface area contributed by atoms with E-state index in [1.807, 2.05) is 20.8 Å². The average molecular weight is 237 g/mol. The minimum atomic E-state index is -0.401. The molecule has 2 rings (SSSR count). The minimum Gasteiger partial charge on any atom is -0.460 e. The molecule has 3 heteroatoms. The van der Waals surface area contributed by atoms with E-state index in [0.717, 1.165) is 18.8 Å². The molecule has 0 aromatic heterocycles. The van der Waals surface area contributed by atoms with E-state index in [4.69, 9.17) is 10.5 Å². The molecular weight excluding hydrogens is 214 g/mol. The molecule has 3 nitrogen and oxygen atoms in total. The molecule has 2 N–H and O–H groups in total. The molecule has 0 heterocycles. The summed E-state index contributed by atoms with van der Waals surface area (Å²) in [6, 6.07) is 0. The highest BCUT2D eigenvalue weighted by atomic mass is 16.6. The highest BCUT2D eigenvalue weighted by Crippen LogP contribution is 2.57. The monoisotopic (exact) mass is 237 g/mol. The maximum atomic E-state index is 11.9. The van der Waals surface area contributed by atoms with Crippen LogP contribution < -0.4 is 5.73 Å². The van der Waals surface area contributed by atoms with E-state index < -0.39 is 5.60 Å². The summed E-state index contributed by atoms with van der Waals surface area (Å²) in [4.78, 5) is 11.9. The standard InChI is InChI=1S/C14H23NO2/c1-13(2,3)17-12(16)8-14(9-15)7-10-5-4-6-11(10)14/h4,6,10-11H,5,7-9,15H2,1-3H3/t10-,11-,14-/m1/s1. The predicted octanol–water partition coefficient (Wildman–Crippen LogP) is 2.26. The number of nitrogens with two attached hydrogens (primary N) is 1. The van der Waals surface area contributed by atoms with Crippen molar-refractivity contribution in [3.05, 3.63) is 12.2 Å². The first-order valence-electron chi connectivity index (χ1n) is 6.45. The van der Waals surface area contributed by atoms with Crippen LogP contribution in [-0.2, 0) is 9.53 Å². The van der Waals surface area contributed by atoms with Crippen molar-refractivity contribution in [2.75, 3.05) is 6.54 Å². The zero-order valence-corrected chi connectivity index (χ0v) is 11.0. The second-order valence-electron chi connectivity index (χ2n) is 6.48. The molecule has 0 aliphatic heterocycles. The van der Waals surface area contributed by atoms with Crippen LogP contribution in [0.4, 0.5) is 0 Å². The van der Waals surface area contributed by atoms with Gasteiger partial charge in [-0.15, -0.1) is 0 Å². The van der Waals surface area contributed by atoms with Gasteiger partial charge in [0.05, 0.1) is 6.42 Å². The number of hydrogen-bond donors (Lipinski definition) is 1. The smallest absolute Gasteiger partial charge is 0.306 e. The van der Waals surface area contributed by atoms with E-state index in [1.54, 1.807) is 0 Å². The number of carbonyl (C=O) groups is 1. The first-order chi connectivity index (χ1) is 7.86. The van der Waals surface area contributed by atoms with Crippen LogP contribution in [-0.4, -0.2) is 18.1 Å². The first kappa shape index (κ1) is 12.6. The van der Waals surface area contributed by atoms with Crippen molar-refractivity contribution in [3.8, 4) is 0 Å². The zero-order valence-electron chi connectivity index (χ0n) is 11.0. The molecule has 0 saturated heterocycles. The van der Waals surface area contributed by atoms with Gasteiger partial charge in [0.1, 0.15) is 5.60 Å². The lowest BCUT2D eigenvalue weighted by Crippen LogP contribution is -2.51. The quantitative estimate of drug-likeness (QED) is 0.605. The number of ether oxygens (including phenoxy) is 1. The summed E-state index contributed by atoms with van der Waals surface area (Å²) in [6.07, 6.45) is 7.15. The summed E-state index contributed by atoms with van der Waals surface area (Å²) in [5.41, 5.74) is 5.47. The van der Waals surface area contributed by atoms with Gasteiger partial charge >= 0.3 is 5.97 Å². The largest absolute Gasteiger partial charge is 0.460 e. The Kier molecular flexibility index (Phi) is 3.06. The van der Waals surface area contributed by atoms with Crippen LogP contribution in [0.15, 0.2) is 12.2 Å². The molecule has 2 aliphatic carbocycles. The number of rotatable bonds is 3. The Balaban J connectivity index is 1.97. The first-order valence-corrected chi connectivity index (χ1v) is 6.45. The molecule has 96 valence electrons. The minimum absolute atomic E-state index is 0.0278. The Labute approximate surface area is 103 Å². The van der Waals surface area contributed by atoms with Gasteiger partial charge in [-0.2, -0.15) is 0 Å². The van der Waals surface area contributed by atoms with Crippen LogP contribution in [0.3, 0.4) is 0 Å². The molecule has 3 atom stereocenters. The fourth-order valence-electron chi connectivity index (χ4n) is 3.26. The summed E-state index contributed by atoms with van der Waals surface area (Å²) < 4.78 is 5.40. The van der Waals surface area contributed by atoms with Crippen molar-refractivity contribution in [1.82, 2.24) is 0 Å². The van der Waals surface area contributed by atoms with Crippen molar-refractivity contribution < 1.29 is 9.53 Å². The fraction of sp³-hybridized carbons (Fsp3) is 0.786. The maximum absolute atomic E-state index is 11.9. The van der Waals surface area contributed by atoms with Crippen LogP contribution in [0.2, 0.25) is 0 Å². The molecule has 0 amide bonds. The third-order valence-electron chi connectivity index (χ3n) is 3.99. The lowest BCUT2D eigenvalue weighted by atomic mass is 9.53. The summed E-state index contributed by atoms with van der Waals surface area (Å²) in [7, 11) is 0. The van der Waals surface area contributed by atoms with Gasteiger partial charge in [-0.1, -0.05) is 12.2 Å². The summed E-state index contributed by atoms with van der Waals surface area (Å²) in [5.74, 6) is 1.11. The third-order valence-corrected chi connectivity index (χ3v) is 3.99. The van der Waals surface area contributed by atoms with Crippen LogP contribution >= 0.6 is 0 Å². The van der Waals surface area contributed by atoms with Gasteiger partial charge in [-0.05, 0) is 57.4 Å². The Hall–Kier alpha value is -0.830. The fourth-order valence-corrected chi connectivity index (χ4v) is 3.26. The Morgan fingerprint density at radius 1 is 1.53 bits per heavy atom. The summed E-state index contributed by atoms with van der Waals surface area (Å²) in [5, 5.41) is 0. The van der Waals surface area contributed by atoms with Crippen LogP contribution in [0.25, 0.3) is 0 Å². The van der Waals surface area contributed by atoms with Crippen molar-refractivity contribution in [1.29, 1.82) is 0 Å². The van der Waals surface area contributed by atoms with Crippen molar-refractivity contribution >= 4 is 5.97 Å². The second kappa shape index (κ2) is 4.13. The zero-order chi connectivity index (χ0) is 12.7. The van der Waals surface area contributed by atoms with Crippen LogP contribution in [0.1, 0.15) is 40.0 Å². The van der Waals surface area contributed by atoms with Gasteiger partial charge in [0.2, 0.25) is 0 Å². The van der Waals surface area contributed by atoms with E-state index in [-0.39, 0.29) is 11.4 Å². The SMILES string of the molecule is CC(C)(C)OC(=O)C[C@@]1(CN)C[C@H]2CC=C[C@H]21. The third kappa shape index (κ3) is 2.39. The van der Waals surface area contributed by atoms with Crippen LogP contribution in [0, 0.1) is 17.3 Å². The number of allylic oxidation sites excluding steroid dienone is 2. The molecule has 1 fully saturated rings. The Bertz CT molecular complexity index is 343. The van der Waals surface area contributed by atoms with Gasteiger partial charge in [0.25, 0.3) is 0 Å². The number of hydrogen-bond acceptors (Lipinski definition) is 3. The molecular formula is C14H23NO2. The Morgan fingerprint density at radius 3 is 2.76 bits per heavy atom. The van der Waals surface area contributed by atoms with Gasteiger partial charge in [-0.3, -0.25) is 4.79 Å². The van der Waals surface area contributed by atoms with E-state index in [2.05, 4.69) is 12.2 Å². The normalized spacial score (nSPS) is 35.3. The molecule has 0 unspecified atom stereocenters. The van der Waals surface area contributed by atoms with E-state index in [1.165, 1.54) is 0 Å². The van der Waals surface area contributed by atoms with Crippen molar-refractivity contribution in [3.63, 3.8) is 0 Å². The van der Waals surface area contributed by atoms with Crippen LogP contribution in [0.5, 0.6) is 0 Å². The molecule has 2 aliphatic rings. The van der Waals surface area contributed by atoms with Gasteiger partial charge in [0.15, 0.2) is 0 Å². The molecule has 0 aromatic carbocycles. The average Bonchev–Trinajstić information content (AvgIpc) is 2.54. The number of fused-ring (bicyclic) bond motifs is 1. The molecule has 17 heavy (non-hydrogen) atoms. The van der Waals surface area contributed by atoms with Gasteiger partial charge in [-0.25, -0.2) is 0 Å². The topological polar surface area (TPSA) is 52.3 Å². The van der Waals surface area contributed by atoms with E-state index in [0.29, 0.717) is 18.9 Å². The van der Waals surface area contributed by atoms with Gasteiger partial charge < -0.3 is 10.5 Å². The van der Waals surface area contributed by atoms with Crippen molar-refractivity contribution in [2.45, 2.75) is 45.6 Å². The van der Waals surface area contributed by atoms with E-state index in [9.17, 15) is 4.79 Å². The number of carbonyl (C=O) groups excluding carboxylic acids is 1. The Morgan fingerprint density at radius 2 is 2.24 bits per heavy atom. The molecule has 0 aromatic rings. The highest BCUT2D eigenvalue weighted by molar-refractivity contribution is 5.71. The maximum Gasteiger partial charge on any atom is 0.306 e. The lowest BCUT2D eigenvalue weighted by molar-refractivity contribution is -0.162.